The third kappa shape index (κ3) is 2.66. The summed E-state index contributed by atoms with van der Waals surface area (Å²) >= 11 is 0. The third-order valence-electron chi connectivity index (χ3n) is 2.57. The molecule has 0 amide bonds. The Labute approximate surface area is 80.0 Å². The van der Waals surface area contributed by atoms with E-state index in [9.17, 15) is 5.11 Å². The van der Waals surface area contributed by atoms with Gasteiger partial charge in [-0.2, -0.15) is 0 Å². The molecule has 0 aromatic heterocycles. The van der Waals surface area contributed by atoms with Crippen molar-refractivity contribution in [2.45, 2.75) is 39.4 Å². The van der Waals surface area contributed by atoms with Crippen LogP contribution in [0.15, 0.2) is 0 Å². The van der Waals surface area contributed by atoms with Crippen molar-refractivity contribution >= 4 is 0 Å². The number of rotatable bonds is 3. The monoisotopic (exact) mass is 188 g/mol. The maximum Gasteiger partial charge on any atom is 0.162 e. The fourth-order valence-electron chi connectivity index (χ4n) is 1.58. The molecule has 0 radical (unpaired) electrons. The molecule has 78 valence electrons. The lowest BCUT2D eigenvalue weighted by Gasteiger charge is -2.42. The number of hydrogen-bond donors (Lipinski definition) is 1. The van der Waals surface area contributed by atoms with Gasteiger partial charge in [0.1, 0.15) is 0 Å². The van der Waals surface area contributed by atoms with E-state index >= 15 is 0 Å². The van der Waals surface area contributed by atoms with E-state index in [1.807, 2.05) is 13.8 Å². The van der Waals surface area contributed by atoms with Crippen molar-refractivity contribution in [1.82, 2.24) is 0 Å². The number of ether oxygens (including phenoxy) is 2. The number of aliphatic hydroxyl groups excluding tert-OH is 1. The van der Waals surface area contributed by atoms with Crippen LogP contribution in [0.25, 0.3) is 0 Å². The lowest BCUT2D eigenvalue weighted by molar-refractivity contribution is -0.291. The maximum atomic E-state index is 9.28. The summed E-state index contributed by atoms with van der Waals surface area (Å²) in [4.78, 5) is 0. The highest BCUT2D eigenvalue weighted by molar-refractivity contribution is 4.82. The van der Waals surface area contributed by atoms with E-state index in [4.69, 9.17) is 9.47 Å². The number of hydrogen-bond acceptors (Lipinski definition) is 3. The Morgan fingerprint density at radius 3 is 2.15 bits per heavy atom. The van der Waals surface area contributed by atoms with Gasteiger partial charge in [0, 0.05) is 5.41 Å². The third-order valence-corrected chi connectivity index (χ3v) is 2.57. The Kier molecular flexibility index (Phi) is 3.33. The normalized spacial score (nSPS) is 25.8. The van der Waals surface area contributed by atoms with E-state index in [-0.39, 0.29) is 12.0 Å². The van der Waals surface area contributed by atoms with Crippen LogP contribution in [0.1, 0.15) is 33.6 Å². The minimum Gasteiger partial charge on any atom is -0.396 e. The second kappa shape index (κ2) is 3.95. The molecule has 0 bridgehead atoms. The molecule has 0 unspecified atom stereocenters. The molecule has 0 aromatic rings. The van der Waals surface area contributed by atoms with E-state index in [0.717, 1.165) is 12.8 Å². The average Bonchev–Trinajstić information content (AvgIpc) is 2.10. The SMILES string of the molecule is CCCC1(CO)COC(C)(C)OC1. The van der Waals surface area contributed by atoms with Gasteiger partial charge in [-0.3, -0.25) is 0 Å². The fourth-order valence-corrected chi connectivity index (χ4v) is 1.58. The molecule has 3 nitrogen and oxygen atoms in total. The molecule has 13 heavy (non-hydrogen) atoms. The molecule has 0 saturated carbocycles. The van der Waals surface area contributed by atoms with Crippen LogP contribution in [-0.4, -0.2) is 30.7 Å². The van der Waals surface area contributed by atoms with Crippen molar-refractivity contribution < 1.29 is 14.6 Å². The molecule has 1 aliphatic rings. The predicted octanol–water partition coefficient (Wildman–Crippen LogP) is 1.55. The zero-order chi connectivity index (χ0) is 9.95. The Bertz CT molecular complexity index is 156. The van der Waals surface area contributed by atoms with Crippen LogP contribution >= 0.6 is 0 Å². The Balaban J connectivity index is 2.52. The summed E-state index contributed by atoms with van der Waals surface area (Å²) < 4.78 is 11.1. The van der Waals surface area contributed by atoms with Crippen molar-refractivity contribution in [3.05, 3.63) is 0 Å². The van der Waals surface area contributed by atoms with Gasteiger partial charge < -0.3 is 14.6 Å². The molecule has 0 aromatic carbocycles. The zero-order valence-corrected chi connectivity index (χ0v) is 8.80. The van der Waals surface area contributed by atoms with E-state index < -0.39 is 5.79 Å². The second-order valence-electron chi connectivity index (χ2n) is 4.39. The van der Waals surface area contributed by atoms with Gasteiger partial charge in [0.25, 0.3) is 0 Å². The first-order valence-electron chi connectivity index (χ1n) is 4.92. The molecule has 1 fully saturated rings. The zero-order valence-electron chi connectivity index (χ0n) is 8.80. The van der Waals surface area contributed by atoms with Gasteiger partial charge in [-0.05, 0) is 20.3 Å². The molecule has 3 heteroatoms. The van der Waals surface area contributed by atoms with Crippen LogP contribution in [0.2, 0.25) is 0 Å². The molecule has 1 N–H and O–H groups in total. The standard InChI is InChI=1S/C10H20O3/c1-4-5-10(6-11)7-12-9(2,3)13-8-10/h11H,4-8H2,1-3H3. The van der Waals surface area contributed by atoms with Gasteiger partial charge in [-0.15, -0.1) is 0 Å². The molecule has 1 aliphatic heterocycles. The minimum atomic E-state index is -0.480. The predicted molar refractivity (Wildman–Crippen MR) is 50.4 cm³/mol. The van der Waals surface area contributed by atoms with E-state index in [0.29, 0.717) is 13.2 Å². The van der Waals surface area contributed by atoms with Crippen LogP contribution in [-0.2, 0) is 9.47 Å². The van der Waals surface area contributed by atoms with Gasteiger partial charge in [-0.1, -0.05) is 13.3 Å². The highest BCUT2D eigenvalue weighted by Gasteiger charge is 2.38. The van der Waals surface area contributed by atoms with Crippen LogP contribution < -0.4 is 0 Å². The summed E-state index contributed by atoms with van der Waals surface area (Å²) in [5.74, 6) is -0.480. The van der Waals surface area contributed by atoms with Gasteiger partial charge in [0.15, 0.2) is 5.79 Å². The van der Waals surface area contributed by atoms with Gasteiger partial charge in [0.05, 0.1) is 19.8 Å². The van der Waals surface area contributed by atoms with Crippen molar-refractivity contribution in [2.75, 3.05) is 19.8 Å². The smallest absolute Gasteiger partial charge is 0.162 e. The fraction of sp³-hybridized carbons (Fsp3) is 1.00. The minimum absolute atomic E-state index is 0.150. The summed E-state index contributed by atoms with van der Waals surface area (Å²) in [6, 6.07) is 0. The first-order valence-corrected chi connectivity index (χ1v) is 4.92. The highest BCUT2D eigenvalue weighted by Crippen LogP contribution is 2.32. The van der Waals surface area contributed by atoms with Crippen molar-refractivity contribution in [1.29, 1.82) is 0 Å². The highest BCUT2D eigenvalue weighted by atomic mass is 16.7. The van der Waals surface area contributed by atoms with Gasteiger partial charge in [-0.25, -0.2) is 0 Å². The molecular weight excluding hydrogens is 168 g/mol. The van der Waals surface area contributed by atoms with Crippen LogP contribution in [0.4, 0.5) is 0 Å². The summed E-state index contributed by atoms with van der Waals surface area (Å²) in [5.41, 5.74) is -0.162. The molecule has 1 heterocycles. The van der Waals surface area contributed by atoms with Crippen LogP contribution in [0.3, 0.4) is 0 Å². The molecule has 0 aliphatic carbocycles. The first kappa shape index (κ1) is 11.0. The quantitative estimate of drug-likeness (QED) is 0.730. The lowest BCUT2D eigenvalue weighted by atomic mass is 9.85. The van der Waals surface area contributed by atoms with Crippen LogP contribution in [0.5, 0.6) is 0 Å². The molecule has 1 saturated heterocycles. The number of aliphatic hydroxyl groups is 1. The average molecular weight is 188 g/mol. The molecule has 0 atom stereocenters. The second-order valence-corrected chi connectivity index (χ2v) is 4.39. The van der Waals surface area contributed by atoms with Crippen molar-refractivity contribution in [3.8, 4) is 0 Å². The topological polar surface area (TPSA) is 38.7 Å². The summed E-state index contributed by atoms with van der Waals surface area (Å²) in [5, 5.41) is 9.28. The summed E-state index contributed by atoms with van der Waals surface area (Å²) in [6.45, 7) is 7.27. The Morgan fingerprint density at radius 1 is 1.23 bits per heavy atom. The Hall–Kier alpha value is -0.120. The first-order chi connectivity index (χ1) is 6.04. The molecule has 1 rings (SSSR count). The summed E-state index contributed by atoms with van der Waals surface area (Å²) in [6.07, 6.45) is 2.01. The molecular formula is C10H20O3. The van der Waals surface area contributed by atoms with Crippen LogP contribution in [0, 0.1) is 5.41 Å². The van der Waals surface area contributed by atoms with Crippen molar-refractivity contribution in [3.63, 3.8) is 0 Å². The van der Waals surface area contributed by atoms with E-state index in [2.05, 4.69) is 6.92 Å². The lowest BCUT2D eigenvalue weighted by Crippen LogP contribution is -2.48. The van der Waals surface area contributed by atoms with E-state index in [1.165, 1.54) is 0 Å². The van der Waals surface area contributed by atoms with Gasteiger partial charge in [0.2, 0.25) is 0 Å². The maximum absolute atomic E-state index is 9.28. The largest absolute Gasteiger partial charge is 0.396 e. The van der Waals surface area contributed by atoms with Crippen molar-refractivity contribution in [2.24, 2.45) is 5.41 Å². The molecule has 0 spiro atoms. The summed E-state index contributed by atoms with van der Waals surface area (Å²) in [7, 11) is 0. The van der Waals surface area contributed by atoms with Gasteiger partial charge >= 0.3 is 0 Å². The van der Waals surface area contributed by atoms with E-state index in [1.54, 1.807) is 0 Å². The Morgan fingerprint density at radius 2 is 1.77 bits per heavy atom.